The van der Waals surface area contributed by atoms with Crippen molar-refractivity contribution in [2.75, 3.05) is 26.8 Å². The maximum atomic E-state index is 11.3. The average molecular weight is 454 g/mol. The molecule has 0 saturated carbocycles. The van der Waals surface area contributed by atoms with Crippen LogP contribution in [-0.4, -0.2) is 68.0 Å². The van der Waals surface area contributed by atoms with Crippen LogP contribution < -0.4 is 14.2 Å². The third-order valence-corrected chi connectivity index (χ3v) is 6.17. The van der Waals surface area contributed by atoms with Gasteiger partial charge in [-0.15, -0.1) is 5.10 Å². The Labute approximate surface area is 193 Å². The summed E-state index contributed by atoms with van der Waals surface area (Å²) in [5.41, 5.74) is 2.28. The maximum Gasteiger partial charge on any atom is 0.337 e. The molecule has 176 valence electrons. The quantitative estimate of drug-likeness (QED) is 0.609. The summed E-state index contributed by atoms with van der Waals surface area (Å²) in [7, 11) is 2.10. The van der Waals surface area contributed by atoms with Crippen LogP contribution in [0.2, 0.25) is 0 Å². The van der Waals surface area contributed by atoms with E-state index in [0.29, 0.717) is 36.5 Å². The molecule has 2 aromatic heterocycles. The number of ether oxygens (including phenoxy) is 3. The number of aliphatic hydroxyl groups is 1. The molecule has 4 heterocycles. The Morgan fingerprint density at radius 1 is 1.30 bits per heavy atom. The molecule has 0 spiro atoms. The molecule has 0 radical (unpaired) electrons. The van der Waals surface area contributed by atoms with Gasteiger partial charge in [-0.05, 0) is 58.8 Å². The molecular weight excluding hydrogens is 422 g/mol. The number of likely N-dealkylation sites (tertiary alicyclic amines) is 1. The zero-order valence-electron chi connectivity index (χ0n) is 19.6. The Hall–Kier alpha value is -2.91. The largest absolute Gasteiger partial charge is 0.493 e. The minimum absolute atomic E-state index is 0.204. The van der Waals surface area contributed by atoms with Crippen molar-refractivity contribution in [2.24, 2.45) is 0 Å². The summed E-state index contributed by atoms with van der Waals surface area (Å²) in [6.45, 7) is 8.02. The molecule has 1 N–H and O–H groups in total. The number of fused-ring (bicyclic) bond motifs is 2. The fourth-order valence-electron chi connectivity index (χ4n) is 4.49. The standard InChI is InChI=1S/C24H31N5O4/c1-24(2,3)33-22-21-25-13-18(20(30)17-8-5-9-19-16(17)10-12-31-19)29(21)27-23(26-22)32-14-15-7-6-11-28(15)4/h5,8-9,13,15,20,30H,6-7,10-12,14H2,1-4H3/t15-,20?/m0/s1. The van der Waals surface area contributed by atoms with Crippen molar-refractivity contribution in [1.82, 2.24) is 24.5 Å². The first kappa shape index (κ1) is 21.9. The van der Waals surface area contributed by atoms with Crippen molar-refractivity contribution < 1.29 is 19.3 Å². The summed E-state index contributed by atoms with van der Waals surface area (Å²) >= 11 is 0. The van der Waals surface area contributed by atoms with Crippen LogP contribution in [-0.2, 0) is 6.42 Å². The second-order valence-electron chi connectivity index (χ2n) is 9.75. The van der Waals surface area contributed by atoms with E-state index in [1.807, 2.05) is 39.0 Å². The predicted octanol–water partition coefficient (Wildman–Crippen LogP) is 2.79. The van der Waals surface area contributed by atoms with E-state index in [0.717, 1.165) is 42.7 Å². The number of benzene rings is 1. The normalized spacial score (nSPS) is 19.5. The van der Waals surface area contributed by atoms with Gasteiger partial charge in [0.1, 0.15) is 24.1 Å². The van der Waals surface area contributed by atoms with E-state index >= 15 is 0 Å². The lowest BCUT2D eigenvalue weighted by Gasteiger charge is -2.22. The lowest BCUT2D eigenvalue weighted by molar-refractivity contribution is 0.121. The summed E-state index contributed by atoms with van der Waals surface area (Å²) in [4.78, 5) is 11.3. The van der Waals surface area contributed by atoms with E-state index in [9.17, 15) is 5.11 Å². The highest BCUT2D eigenvalue weighted by Gasteiger charge is 2.28. The Balaban J connectivity index is 1.53. The van der Waals surface area contributed by atoms with E-state index in [1.54, 1.807) is 10.7 Å². The van der Waals surface area contributed by atoms with Crippen LogP contribution in [0.15, 0.2) is 24.4 Å². The van der Waals surface area contributed by atoms with Crippen LogP contribution in [0.5, 0.6) is 17.6 Å². The molecule has 2 aliphatic heterocycles. The molecule has 1 unspecified atom stereocenters. The molecule has 3 aromatic rings. The second kappa shape index (κ2) is 8.46. The zero-order valence-corrected chi connectivity index (χ0v) is 19.6. The summed E-state index contributed by atoms with van der Waals surface area (Å²) in [5.74, 6) is 1.14. The third kappa shape index (κ3) is 4.35. The van der Waals surface area contributed by atoms with Gasteiger partial charge >= 0.3 is 6.01 Å². The maximum absolute atomic E-state index is 11.3. The number of hydrogen-bond donors (Lipinski definition) is 1. The van der Waals surface area contributed by atoms with Crippen molar-refractivity contribution in [3.63, 3.8) is 0 Å². The van der Waals surface area contributed by atoms with Gasteiger partial charge in [0.15, 0.2) is 0 Å². The van der Waals surface area contributed by atoms with Gasteiger partial charge in [-0.1, -0.05) is 12.1 Å². The lowest BCUT2D eigenvalue weighted by Crippen LogP contribution is -2.31. The Bertz CT molecular complexity index is 1160. The Morgan fingerprint density at radius 3 is 2.91 bits per heavy atom. The SMILES string of the molecule is CN1CCC[C@H]1COc1nc(OC(C)(C)C)c2ncc(C(O)c3cccc4c3CCO4)n2n1. The molecule has 2 atom stereocenters. The number of likely N-dealkylation sites (N-methyl/N-ethyl adjacent to an activating group) is 1. The van der Waals surface area contributed by atoms with Gasteiger partial charge in [0.05, 0.1) is 18.5 Å². The first-order chi connectivity index (χ1) is 15.8. The van der Waals surface area contributed by atoms with Crippen LogP contribution in [0, 0.1) is 0 Å². The van der Waals surface area contributed by atoms with Gasteiger partial charge in [0.2, 0.25) is 5.65 Å². The molecule has 1 saturated heterocycles. The van der Waals surface area contributed by atoms with Crippen molar-refractivity contribution in [1.29, 1.82) is 0 Å². The van der Waals surface area contributed by atoms with Crippen LogP contribution in [0.4, 0.5) is 0 Å². The first-order valence-corrected chi connectivity index (χ1v) is 11.5. The van der Waals surface area contributed by atoms with E-state index in [4.69, 9.17) is 14.2 Å². The van der Waals surface area contributed by atoms with Crippen molar-refractivity contribution in [3.05, 3.63) is 41.2 Å². The van der Waals surface area contributed by atoms with Gasteiger partial charge in [0, 0.05) is 18.0 Å². The third-order valence-electron chi connectivity index (χ3n) is 6.17. The number of imidazole rings is 1. The molecular formula is C24H31N5O4. The Morgan fingerprint density at radius 2 is 2.15 bits per heavy atom. The van der Waals surface area contributed by atoms with E-state index in [2.05, 4.69) is 27.0 Å². The molecule has 9 heteroatoms. The van der Waals surface area contributed by atoms with Crippen LogP contribution in [0.25, 0.3) is 5.65 Å². The topological polar surface area (TPSA) is 94.2 Å². The molecule has 2 aliphatic rings. The van der Waals surface area contributed by atoms with Crippen molar-refractivity contribution in [3.8, 4) is 17.6 Å². The zero-order chi connectivity index (χ0) is 23.2. The molecule has 0 amide bonds. The van der Waals surface area contributed by atoms with Crippen molar-refractivity contribution >= 4 is 5.65 Å². The number of aliphatic hydroxyl groups excluding tert-OH is 1. The molecule has 33 heavy (non-hydrogen) atoms. The molecule has 0 bridgehead atoms. The monoisotopic (exact) mass is 453 g/mol. The van der Waals surface area contributed by atoms with Gasteiger partial charge in [-0.25, -0.2) is 9.50 Å². The highest BCUT2D eigenvalue weighted by molar-refractivity contribution is 5.52. The number of hydrogen-bond acceptors (Lipinski definition) is 8. The molecule has 1 aromatic carbocycles. The summed E-state index contributed by atoms with van der Waals surface area (Å²) in [5, 5.41) is 15.9. The van der Waals surface area contributed by atoms with E-state index in [-0.39, 0.29) is 6.01 Å². The van der Waals surface area contributed by atoms with Gasteiger partial charge < -0.3 is 24.2 Å². The molecule has 9 nitrogen and oxygen atoms in total. The van der Waals surface area contributed by atoms with E-state index in [1.165, 1.54) is 0 Å². The van der Waals surface area contributed by atoms with E-state index < -0.39 is 11.7 Å². The summed E-state index contributed by atoms with van der Waals surface area (Å²) in [6, 6.07) is 6.27. The van der Waals surface area contributed by atoms with Crippen molar-refractivity contribution in [2.45, 2.75) is 57.8 Å². The summed E-state index contributed by atoms with van der Waals surface area (Å²) < 4.78 is 19.4. The minimum atomic E-state index is -0.928. The average Bonchev–Trinajstić information content (AvgIpc) is 3.49. The second-order valence-corrected chi connectivity index (χ2v) is 9.75. The highest BCUT2D eigenvalue weighted by atomic mass is 16.5. The predicted molar refractivity (Wildman–Crippen MR) is 122 cm³/mol. The number of aromatic nitrogens is 4. The van der Waals surface area contributed by atoms with Gasteiger partial charge in [-0.2, -0.15) is 4.98 Å². The fourth-order valence-corrected chi connectivity index (χ4v) is 4.49. The van der Waals surface area contributed by atoms with Crippen LogP contribution in [0.3, 0.4) is 0 Å². The van der Waals surface area contributed by atoms with Crippen LogP contribution >= 0.6 is 0 Å². The van der Waals surface area contributed by atoms with Gasteiger partial charge in [-0.3, -0.25) is 0 Å². The number of nitrogens with zero attached hydrogens (tertiary/aromatic N) is 5. The minimum Gasteiger partial charge on any atom is -0.493 e. The fraction of sp³-hybridized carbons (Fsp3) is 0.542. The molecule has 5 rings (SSSR count). The van der Waals surface area contributed by atoms with Gasteiger partial charge in [0.25, 0.3) is 5.88 Å². The lowest BCUT2D eigenvalue weighted by atomic mass is 9.99. The molecule has 0 aliphatic carbocycles. The van der Waals surface area contributed by atoms with Crippen LogP contribution in [0.1, 0.15) is 56.5 Å². The smallest absolute Gasteiger partial charge is 0.337 e. The number of rotatable bonds is 6. The Kier molecular flexibility index (Phi) is 5.62. The first-order valence-electron chi connectivity index (χ1n) is 11.5. The highest BCUT2D eigenvalue weighted by Crippen LogP contribution is 2.35. The summed E-state index contributed by atoms with van der Waals surface area (Å²) in [6.07, 6.45) is 3.69. The molecule has 1 fully saturated rings.